The highest BCUT2D eigenvalue weighted by Crippen LogP contribution is 2.18. The summed E-state index contributed by atoms with van der Waals surface area (Å²) in [5.41, 5.74) is 7.49. The first kappa shape index (κ1) is 16.9. The molecule has 0 heterocycles. The van der Waals surface area contributed by atoms with Crippen molar-refractivity contribution in [2.24, 2.45) is 0 Å². The third-order valence-corrected chi connectivity index (χ3v) is 2.82. The minimum Gasteiger partial charge on any atom is -0.491 e. The smallest absolute Gasteiger partial charge is 0.123 e. The Morgan fingerprint density at radius 1 is 1.30 bits per heavy atom. The molecule has 0 fully saturated rings. The van der Waals surface area contributed by atoms with Crippen LogP contribution >= 0.6 is 0 Å². The van der Waals surface area contributed by atoms with Crippen LogP contribution < -0.4 is 15.6 Å². The van der Waals surface area contributed by atoms with Gasteiger partial charge in [-0.1, -0.05) is 12.1 Å². The fraction of sp³-hybridized carbons (Fsp3) is 0.600. The number of alkyl halides is 1. The normalized spacial score (nSPS) is 12.3. The van der Waals surface area contributed by atoms with Crippen LogP contribution in [0.15, 0.2) is 24.3 Å². The minimum atomic E-state index is -0.473. The first-order chi connectivity index (χ1) is 9.77. The highest BCUT2D eigenvalue weighted by molar-refractivity contribution is 5.30. The Morgan fingerprint density at radius 2 is 2.15 bits per heavy atom. The predicted octanol–water partition coefficient (Wildman–Crippen LogP) is 2.62. The Balaban J connectivity index is 2.29. The summed E-state index contributed by atoms with van der Waals surface area (Å²) in [7, 11) is 0. The lowest BCUT2D eigenvalue weighted by atomic mass is 10.1. The molecule has 0 saturated carbocycles. The first-order valence-electron chi connectivity index (χ1n) is 7.12. The lowest BCUT2D eigenvalue weighted by Gasteiger charge is -2.16. The summed E-state index contributed by atoms with van der Waals surface area (Å²) in [4.78, 5) is 0. The van der Waals surface area contributed by atoms with Gasteiger partial charge in [-0.15, -0.1) is 0 Å². The zero-order valence-electron chi connectivity index (χ0n) is 12.3. The molecule has 5 heteroatoms. The average Bonchev–Trinajstić information content (AvgIpc) is 2.48. The van der Waals surface area contributed by atoms with E-state index in [4.69, 9.17) is 9.47 Å². The van der Waals surface area contributed by atoms with E-state index in [1.165, 1.54) is 0 Å². The van der Waals surface area contributed by atoms with Crippen molar-refractivity contribution in [1.82, 2.24) is 10.9 Å². The Labute approximate surface area is 120 Å². The van der Waals surface area contributed by atoms with Gasteiger partial charge < -0.3 is 9.47 Å². The second kappa shape index (κ2) is 10.6. The molecule has 1 aromatic carbocycles. The summed E-state index contributed by atoms with van der Waals surface area (Å²) >= 11 is 0. The minimum absolute atomic E-state index is 0.0982. The van der Waals surface area contributed by atoms with E-state index in [1.807, 2.05) is 31.2 Å². The van der Waals surface area contributed by atoms with Gasteiger partial charge in [0, 0.05) is 25.8 Å². The van der Waals surface area contributed by atoms with Crippen molar-refractivity contribution in [3.8, 4) is 5.75 Å². The van der Waals surface area contributed by atoms with Gasteiger partial charge in [0.2, 0.25) is 0 Å². The number of ether oxygens (including phenoxy) is 2. The molecule has 0 radical (unpaired) electrons. The molecule has 0 bridgehead atoms. The highest BCUT2D eigenvalue weighted by Gasteiger charge is 2.05. The van der Waals surface area contributed by atoms with E-state index in [0.29, 0.717) is 5.75 Å². The molecular formula is C15H25FN2O2. The summed E-state index contributed by atoms with van der Waals surface area (Å²) in [5.74, 6) is 0.699. The largest absolute Gasteiger partial charge is 0.491 e. The zero-order valence-corrected chi connectivity index (χ0v) is 12.3. The van der Waals surface area contributed by atoms with Gasteiger partial charge in [-0.3, -0.25) is 10.9 Å². The standard InChI is InChI=1S/C15H25FN2O2/c1-3-19-10-5-9-17-18-13(2)14-6-4-7-15(12-14)20-11-8-16/h4,6-7,12-13,17-18H,3,5,8-11H2,1-2H3. The molecule has 0 spiro atoms. The van der Waals surface area contributed by atoms with Crippen molar-refractivity contribution in [2.75, 3.05) is 33.0 Å². The maximum Gasteiger partial charge on any atom is 0.123 e. The van der Waals surface area contributed by atoms with Crippen molar-refractivity contribution in [3.05, 3.63) is 29.8 Å². The van der Waals surface area contributed by atoms with Crippen LogP contribution in [0.3, 0.4) is 0 Å². The van der Waals surface area contributed by atoms with E-state index in [0.717, 1.165) is 31.7 Å². The molecule has 0 aromatic heterocycles. The predicted molar refractivity (Wildman–Crippen MR) is 78.6 cm³/mol. The van der Waals surface area contributed by atoms with Crippen LogP contribution in [0.2, 0.25) is 0 Å². The van der Waals surface area contributed by atoms with Crippen LogP contribution in [0.1, 0.15) is 31.9 Å². The van der Waals surface area contributed by atoms with E-state index in [-0.39, 0.29) is 12.6 Å². The Bertz CT molecular complexity index is 363. The van der Waals surface area contributed by atoms with Gasteiger partial charge in [0.05, 0.1) is 0 Å². The summed E-state index contributed by atoms with van der Waals surface area (Å²) < 4.78 is 22.6. The van der Waals surface area contributed by atoms with E-state index in [1.54, 1.807) is 0 Å². The molecule has 1 atom stereocenters. The molecule has 0 aliphatic rings. The Kier molecular flexibility index (Phi) is 8.95. The zero-order chi connectivity index (χ0) is 14.6. The van der Waals surface area contributed by atoms with Gasteiger partial charge in [0.25, 0.3) is 0 Å². The number of hydrazine groups is 1. The molecule has 0 aliphatic heterocycles. The molecule has 2 N–H and O–H groups in total. The quantitative estimate of drug-likeness (QED) is 0.484. The van der Waals surface area contributed by atoms with Crippen LogP contribution in [0.25, 0.3) is 0 Å². The fourth-order valence-corrected chi connectivity index (χ4v) is 1.75. The summed E-state index contributed by atoms with van der Waals surface area (Å²) in [5, 5.41) is 0. The van der Waals surface area contributed by atoms with Gasteiger partial charge >= 0.3 is 0 Å². The summed E-state index contributed by atoms with van der Waals surface area (Å²) in [6.45, 7) is 6.06. The molecule has 20 heavy (non-hydrogen) atoms. The molecule has 0 amide bonds. The molecule has 1 aromatic rings. The van der Waals surface area contributed by atoms with Crippen LogP contribution in [0, 0.1) is 0 Å². The highest BCUT2D eigenvalue weighted by atomic mass is 19.1. The van der Waals surface area contributed by atoms with E-state index >= 15 is 0 Å². The second-order valence-corrected chi connectivity index (χ2v) is 4.45. The Hall–Kier alpha value is -1.17. The maximum atomic E-state index is 12.1. The molecule has 4 nitrogen and oxygen atoms in total. The molecule has 0 saturated heterocycles. The molecule has 1 rings (SSSR count). The number of hydrogen-bond acceptors (Lipinski definition) is 4. The SMILES string of the molecule is CCOCCCNNC(C)c1cccc(OCCF)c1. The van der Waals surface area contributed by atoms with E-state index < -0.39 is 6.67 Å². The van der Waals surface area contributed by atoms with Crippen LogP contribution in [0.4, 0.5) is 4.39 Å². The van der Waals surface area contributed by atoms with Crippen LogP contribution in [-0.4, -0.2) is 33.0 Å². The van der Waals surface area contributed by atoms with Crippen molar-refractivity contribution in [3.63, 3.8) is 0 Å². The first-order valence-corrected chi connectivity index (χ1v) is 7.12. The number of benzene rings is 1. The summed E-state index contributed by atoms with van der Waals surface area (Å²) in [6, 6.07) is 7.84. The number of rotatable bonds is 11. The van der Waals surface area contributed by atoms with Crippen LogP contribution in [-0.2, 0) is 4.74 Å². The second-order valence-electron chi connectivity index (χ2n) is 4.45. The third-order valence-electron chi connectivity index (χ3n) is 2.82. The van der Waals surface area contributed by atoms with Crippen molar-refractivity contribution in [1.29, 1.82) is 0 Å². The van der Waals surface area contributed by atoms with Gasteiger partial charge in [0.15, 0.2) is 0 Å². The molecule has 0 aliphatic carbocycles. The van der Waals surface area contributed by atoms with Crippen molar-refractivity contribution < 1.29 is 13.9 Å². The third kappa shape index (κ3) is 6.84. The van der Waals surface area contributed by atoms with Crippen LogP contribution in [0.5, 0.6) is 5.75 Å². The molecule has 1 unspecified atom stereocenters. The topological polar surface area (TPSA) is 42.5 Å². The number of nitrogens with one attached hydrogen (secondary N) is 2. The van der Waals surface area contributed by atoms with Gasteiger partial charge in [-0.25, -0.2) is 4.39 Å². The lowest BCUT2D eigenvalue weighted by Crippen LogP contribution is -2.35. The maximum absolute atomic E-state index is 12.1. The molecule has 114 valence electrons. The van der Waals surface area contributed by atoms with Gasteiger partial charge in [-0.05, 0) is 38.0 Å². The van der Waals surface area contributed by atoms with Crippen molar-refractivity contribution in [2.45, 2.75) is 26.3 Å². The van der Waals surface area contributed by atoms with E-state index in [2.05, 4.69) is 17.8 Å². The monoisotopic (exact) mass is 284 g/mol. The molecular weight excluding hydrogens is 259 g/mol. The van der Waals surface area contributed by atoms with Crippen molar-refractivity contribution >= 4 is 0 Å². The fourth-order valence-electron chi connectivity index (χ4n) is 1.75. The van der Waals surface area contributed by atoms with Gasteiger partial charge in [-0.2, -0.15) is 0 Å². The number of halogens is 1. The Morgan fingerprint density at radius 3 is 2.90 bits per heavy atom. The lowest BCUT2D eigenvalue weighted by molar-refractivity contribution is 0.143. The van der Waals surface area contributed by atoms with E-state index in [9.17, 15) is 4.39 Å². The number of hydrogen-bond donors (Lipinski definition) is 2. The van der Waals surface area contributed by atoms with Gasteiger partial charge in [0.1, 0.15) is 19.0 Å². The summed E-state index contributed by atoms with van der Waals surface area (Å²) in [6.07, 6.45) is 0.965. The average molecular weight is 284 g/mol.